The first-order valence-electron chi connectivity index (χ1n) is 5.92. The number of carbonyl (C=O) groups excluding carboxylic acids is 1. The summed E-state index contributed by atoms with van der Waals surface area (Å²) in [6.07, 6.45) is 1.74. The number of nitrogens with one attached hydrogen (secondary N) is 2. The van der Waals surface area contributed by atoms with Crippen LogP contribution in [0.15, 0.2) is 48.7 Å². The van der Waals surface area contributed by atoms with Gasteiger partial charge in [-0.25, -0.2) is 0 Å². The van der Waals surface area contributed by atoms with Gasteiger partial charge in [0.05, 0.1) is 12.2 Å². The molecule has 0 saturated heterocycles. The Kier molecular flexibility index (Phi) is 4.47. The minimum atomic E-state index is -0.522. The van der Waals surface area contributed by atoms with E-state index in [1.807, 2.05) is 30.3 Å². The van der Waals surface area contributed by atoms with Crippen molar-refractivity contribution in [3.63, 3.8) is 0 Å². The normalized spacial score (nSPS) is 9.95. The number of benzene rings is 1. The monoisotopic (exact) mass is 257 g/mol. The maximum Gasteiger partial charge on any atom is 0.250 e. The molecule has 19 heavy (non-hydrogen) atoms. The van der Waals surface area contributed by atoms with Crippen molar-refractivity contribution >= 4 is 17.3 Å². The molecule has 1 amide bonds. The third-order valence-electron chi connectivity index (χ3n) is 2.49. The summed E-state index contributed by atoms with van der Waals surface area (Å²) in [5, 5.41) is 14.5. The third kappa shape index (κ3) is 4.08. The molecular formula is C14H15N3O2. The minimum Gasteiger partial charge on any atom is -0.387 e. The summed E-state index contributed by atoms with van der Waals surface area (Å²) < 4.78 is 0. The molecule has 0 aliphatic heterocycles. The molecule has 0 fully saturated rings. The zero-order chi connectivity index (χ0) is 13.5. The Hall–Kier alpha value is -2.40. The summed E-state index contributed by atoms with van der Waals surface area (Å²) in [5.41, 5.74) is 2.46. The lowest BCUT2D eigenvalue weighted by molar-refractivity contribution is -0.118. The molecule has 0 aliphatic rings. The van der Waals surface area contributed by atoms with Gasteiger partial charge in [0.15, 0.2) is 0 Å². The smallest absolute Gasteiger partial charge is 0.250 e. The van der Waals surface area contributed by atoms with Crippen LogP contribution in [0.2, 0.25) is 0 Å². The zero-order valence-corrected chi connectivity index (χ0v) is 10.3. The zero-order valence-electron chi connectivity index (χ0n) is 10.3. The fourth-order valence-electron chi connectivity index (χ4n) is 1.60. The van der Waals surface area contributed by atoms with Crippen molar-refractivity contribution in [2.24, 2.45) is 0 Å². The number of aliphatic hydroxyl groups excluding tert-OH is 1. The molecule has 98 valence electrons. The largest absolute Gasteiger partial charge is 0.387 e. The van der Waals surface area contributed by atoms with E-state index in [0.717, 1.165) is 11.4 Å². The van der Waals surface area contributed by atoms with E-state index < -0.39 is 12.5 Å². The Morgan fingerprint density at radius 3 is 2.74 bits per heavy atom. The summed E-state index contributed by atoms with van der Waals surface area (Å²) in [4.78, 5) is 15.3. The van der Waals surface area contributed by atoms with Gasteiger partial charge in [0.2, 0.25) is 5.91 Å². The quantitative estimate of drug-likeness (QED) is 0.761. The molecular weight excluding hydrogens is 242 g/mol. The van der Waals surface area contributed by atoms with E-state index in [2.05, 4.69) is 15.6 Å². The molecule has 0 radical (unpaired) electrons. The van der Waals surface area contributed by atoms with Crippen LogP contribution in [0.5, 0.6) is 0 Å². The van der Waals surface area contributed by atoms with Crippen molar-refractivity contribution in [1.29, 1.82) is 0 Å². The van der Waals surface area contributed by atoms with Crippen molar-refractivity contribution in [3.8, 4) is 0 Å². The van der Waals surface area contributed by atoms with Gasteiger partial charge in [0, 0.05) is 17.6 Å². The lowest BCUT2D eigenvalue weighted by atomic mass is 10.2. The predicted octanol–water partition coefficient (Wildman–Crippen LogP) is 1.62. The second-order valence-corrected chi connectivity index (χ2v) is 3.96. The topological polar surface area (TPSA) is 74.2 Å². The van der Waals surface area contributed by atoms with Crippen molar-refractivity contribution in [2.45, 2.75) is 6.54 Å². The predicted molar refractivity (Wildman–Crippen MR) is 73.7 cm³/mol. The van der Waals surface area contributed by atoms with Crippen LogP contribution >= 0.6 is 0 Å². The van der Waals surface area contributed by atoms with Crippen LogP contribution in [0.25, 0.3) is 0 Å². The number of nitrogens with zero attached hydrogens (tertiary/aromatic N) is 1. The van der Waals surface area contributed by atoms with Gasteiger partial charge in [-0.1, -0.05) is 12.1 Å². The third-order valence-corrected chi connectivity index (χ3v) is 2.49. The van der Waals surface area contributed by atoms with Gasteiger partial charge < -0.3 is 15.7 Å². The van der Waals surface area contributed by atoms with Crippen LogP contribution in [0.1, 0.15) is 5.69 Å². The second-order valence-electron chi connectivity index (χ2n) is 3.96. The van der Waals surface area contributed by atoms with E-state index in [0.29, 0.717) is 12.2 Å². The molecule has 2 rings (SSSR count). The molecule has 0 bridgehead atoms. The maximum atomic E-state index is 11.1. The van der Waals surface area contributed by atoms with Crippen molar-refractivity contribution in [3.05, 3.63) is 54.4 Å². The Bertz CT molecular complexity index is 543. The van der Waals surface area contributed by atoms with Crippen molar-refractivity contribution in [1.82, 2.24) is 4.98 Å². The number of hydrogen-bond acceptors (Lipinski definition) is 4. The minimum absolute atomic E-state index is 0.429. The maximum absolute atomic E-state index is 11.1. The van der Waals surface area contributed by atoms with Gasteiger partial charge in [0.25, 0.3) is 0 Å². The lowest BCUT2D eigenvalue weighted by Gasteiger charge is -2.08. The first-order chi connectivity index (χ1) is 9.28. The van der Waals surface area contributed by atoms with Gasteiger partial charge >= 0.3 is 0 Å². The van der Waals surface area contributed by atoms with Gasteiger partial charge in [-0.3, -0.25) is 9.78 Å². The van der Waals surface area contributed by atoms with E-state index in [9.17, 15) is 4.79 Å². The van der Waals surface area contributed by atoms with Crippen molar-refractivity contribution < 1.29 is 9.90 Å². The van der Waals surface area contributed by atoms with E-state index in [1.54, 1.807) is 18.3 Å². The van der Waals surface area contributed by atoms with E-state index in [4.69, 9.17) is 5.11 Å². The van der Waals surface area contributed by atoms with E-state index in [-0.39, 0.29) is 0 Å². The fourth-order valence-corrected chi connectivity index (χ4v) is 1.60. The van der Waals surface area contributed by atoms with Gasteiger partial charge in [0.1, 0.15) is 6.61 Å². The summed E-state index contributed by atoms with van der Waals surface area (Å²) in [5.74, 6) is -0.429. The molecule has 1 aromatic heterocycles. The van der Waals surface area contributed by atoms with Gasteiger partial charge in [-0.15, -0.1) is 0 Å². The Morgan fingerprint density at radius 2 is 2.00 bits per heavy atom. The van der Waals surface area contributed by atoms with E-state index >= 15 is 0 Å². The van der Waals surface area contributed by atoms with Crippen LogP contribution < -0.4 is 10.6 Å². The fraction of sp³-hybridized carbons (Fsp3) is 0.143. The number of carbonyl (C=O) groups is 1. The summed E-state index contributed by atoms with van der Waals surface area (Å²) in [6.45, 7) is 0.0871. The highest BCUT2D eigenvalue weighted by Gasteiger charge is 2.01. The molecule has 1 heterocycles. The highest BCUT2D eigenvalue weighted by Crippen LogP contribution is 2.15. The van der Waals surface area contributed by atoms with Crippen molar-refractivity contribution in [2.75, 3.05) is 17.2 Å². The molecule has 0 unspecified atom stereocenters. The molecule has 5 heteroatoms. The molecule has 3 N–H and O–H groups in total. The average molecular weight is 257 g/mol. The highest BCUT2D eigenvalue weighted by atomic mass is 16.3. The van der Waals surface area contributed by atoms with E-state index in [1.165, 1.54) is 0 Å². The molecule has 1 aromatic carbocycles. The number of hydrogen-bond donors (Lipinski definition) is 3. The molecule has 0 saturated carbocycles. The van der Waals surface area contributed by atoms with Crippen LogP contribution in [0, 0.1) is 0 Å². The molecule has 0 spiro atoms. The molecule has 5 nitrogen and oxygen atoms in total. The Labute approximate surface area is 111 Å². The summed E-state index contributed by atoms with van der Waals surface area (Å²) in [6, 6.07) is 13.0. The summed E-state index contributed by atoms with van der Waals surface area (Å²) >= 11 is 0. The van der Waals surface area contributed by atoms with Crippen LogP contribution in [0.3, 0.4) is 0 Å². The molecule has 0 aliphatic carbocycles. The first kappa shape index (κ1) is 13.0. The average Bonchev–Trinajstić information content (AvgIpc) is 2.46. The van der Waals surface area contributed by atoms with Gasteiger partial charge in [-0.2, -0.15) is 0 Å². The number of amides is 1. The highest BCUT2D eigenvalue weighted by molar-refractivity contribution is 5.91. The SMILES string of the molecule is O=C(CO)Nc1cccc(NCc2ccccn2)c1. The number of aromatic nitrogens is 1. The second kappa shape index (κ2) is 6.51. The Morgan fingerprint density at radius 1 is 1.16 bits per heavy atom. The molecule has 2 aromatic rings. The lowest BCUT2D eigenvalue weighted by Crippen LogP contribution is -2.15. The molecule has 0 atom stereocenters. The van der Waals surface area contributed by atoms with Crippen LogP contribution in [0.4, 0.5) is 11.4 Å². The van der Waals surface area contributed by atoms with Crippen LogP contribution in [-0.4, -0.2) is 22.6 Å². The number of anilines is 2. The number of rotatable bonds is 5. The van der Waals surface area contributed by atoms with Gasteiger partial charge in [-0.05, 0) is 30.3 Å². The standard InChI is InChI=1S/C14H15N3O2/c18-10-14(19)17-12-6-3-5-11(8-12)16-9-13-4-1-2-7-15-13/h1-8,16,18H,9-10H2,(H,17,19). The Balaban J connectivity index is 1.97. The number of pyridine rings is 1. The number of aliphatic hydroxyl groups is 1. The summed E-state index contributed by atoms with van der Waals surface area (Å²) in [7, 11) is 0. The van der Waals surface area contributed by atoms with Crippen LogP contribution in [-0.2, 0) is 11.3 Å². The first-order valence-corrected chi connectivity index (χ1v) is 5.92.